The second-order valence-corrected chi connectivity index (χ2v) is 5.25. The first-order valence-electron chi connectivity index (χ1n) is 7.24. The zero-order valence-corrected chi connectivity index (χ0v) is 11.9. The van der Waals surface area contributed by atoms with Crippen LogP contribution in [0.5, 0.6) is 0 Å². The maximum absolute atomic E-state index is 12.1. The number of rotatable bonds is 5. The van der Waals surface area contributed by atoms with Crippen molar-refractivity contribution in [3.8, 4) is 6.07 Å². The number of likely N-dealkylation sites (tertiary alicyclic amines) is 1. The smallest absolute Gasteiger partial charge is 0.252 e. The van der Waals surface area contributed by atoms with E-state index in [0.717, 1.165) is 25.2 Å². The fourth-order valence-corrected chi connectivity index (χ4v) is 2.48. The average molecular weight is 271 g/mol. The standard InChI is InChI=1S/C16H21N3O/c1-2-15(11-17)18-16(20)14-7-5-6-13(10-14)12-19-8-3-4-9-19/h5-7,10,15H,2-4,8-9,12H2,1H3,(H,18,20)/t15-/m1/s1. The lowest BCUT2D eigenvalue weighted by atomic mass is 10.1. The molecule has 0 aliphatic carbocycles. The number of nitrogens with one attached hydrogen (secondary N) is 1. The Morgan fingerprint density at radius 1 is 1.45 bits per heavy atom. The SMILES string of the molecule is CC[C@H](C#N)NC(=O)c1cccc(CN2CCCC2)c1. The zero-order valence-electron chi connectivity index (χ0n) is 11.9. The van der Waals surface area contributed by atoms with Crippen LogP contribution in [0.25, 0.3) is 0 Å². The van der Waals surface area contributed by atoms with E-state index in [9.17, 15) is 4.79 Å². The van der Waals surface area contributed by atoms with Crippen LogP contribution >= 0.6 is 0 Å². The van der Waals surface area contributed by atoms with Gasteiger partial charge >= 0.3 is 0 Å². The summed E-state index contributed by atoms with van der Waals surface area (Å²) in [5.74, 6) is -0.165. The Kier molecular flexibility index (Phi) is 5.14. The molecule has 20 heavy (non-hydrogen) atoms. The van der Waals surface area contributed by atoms with Crippen LogP contribution < -0.4 is 5.32 Å². The summed E-state index contributed by atoms with van der Waals surface area (Å²) < 4.78 is 0. The van der Waals surface area contributed by atoms with Crippen LogP contribution in [0.3, 0.4) is 0 Å². The van der Waals surface area contributed by atoms with E-state index in [-0.39, 0.29) is 5.91 Å². The second kappa shape index (κ2) is 7.06. The molecule has 1 aromatic carbocycles. The van der Waals surface area contributed by atoms with Gasteiger partial charge in [0.15, 0.2) is 0 Å². The minimum absolute atomic E-state index is 0.165. The number of nitrogens with zero attached hydrogens (tertiary/aromatic N) is 2. The Labute approximate surface area is 120 Å². The van der Waals surface area contributed by atoms with Crippen LogP contribution in [0.1, 0.15) is 42.1 Å². The first-order valence-corrected chi connectivity index (χ1v) is 7.24. The molecule has 1 atom stereocenters. The summed E-state index contributed by atoms with van der Waals surface area (Å²) in [5, 5.41) is 11.6. The summed E-state index contributed by atoms with van der Waals surface area (Å²) in [6.07, 6.45) is 3.15. The summed E-state index contributed by atoms with van der Waals surface area (Å²) in [5.41, 5.74) is 1.79. The number of carbonyl (C=O) groups is 1. The lowest BCUT2D eigenvalue weighted by Gasteiger charge is -2.15. The van der Waals surface area contributed by atoms with Gasteiger partial charge in [-0.15, -0.1) is 0 Å². The minimum atomic E-state index is -0.412. The van der Waals surface area contributed by atoms with Gasteiger partial charge < -0.3 is 5.32 Å². The topological polar surface area (TPSA) is 56.1 Å². The predicted molar refractivity (Wildman–Crippen MR) is 78.1 cm³/mol. The normalized spacial score (nSPS) is 16.6. The Morgan fingerprint density at radius 3 is 2.85 bits per heavy atom. The summed E-state index contributed by atoms with van der Waals surface area (Å²) in [7, 11) is 0. The van der Waals surface area contributed by atoms with Crippen LogP contribution in [-0.2, 0) is 6.54 Å². The van der Waals surface area contributed by atoms with Gasteiger partial charge in [0.2, 0.25) is 0 Å². The highest BCUT2D eigenvalue weighted by Crippen LogP contribution is 2.14. The van der Waals surface area contributed by atoms with E-state index in [4.69, 9.17) is 5.26 Å². The molecule has 0 radical (unpaired) electrons. The van der Waals surface area contributed by atoms with Crippen LogP contribution in [0.2, 0.25) is 0 Å². The number of carbonyl (C=O) groups excluding carboxylic acids is 1. The maximum Gasteiger partial charge on any atom is 0.252 e. The van der Waals surface area contributed by atoms with Gasteiger partial charge in [0.05, 0.1) is 6.07 Å². The maximum atomic E-state index is 12.1. The Bertz CT molecular complexity index is 501. The molecule has 1 saturated heterocycles. The third kappa shape index (κ3) is 3.82. The van der Waals surface area contributed by atoms with Gasteiger partial charge in [-0.2, -0.15) is 5.26 Å². The molecular formula is C16H21N3O. The Morgan fingerprint density at radius 2 is 2.20 bits per heavy atom. The van der Waals surface area contributed by atoms with Gasteiger partial charge in [-0.1, -0.05) is 19.1 Å². The molecule has 0 unspecified atom stereocenters. The Hall–Kier alpha value is -1.86. The van der Waals surface area contributed by atoms with Gasteiger partial charge in [-0.3, -0.25) is 9.69 Å². The molecule has 0 aromatic heterocycles. The molecule has 4 heteroatoms. The van der Waals surface area contributed by atoms with Crippen molar-refractivity contribution in [2.24, 2.45) is 0 Å². The second-order valence-electron chi connectivity index (χ2n) is 5.25. The van der Waals surface area contributed by atoms with E-state index in [1.807, 2.05) is 19.1 Å². The van der Waals surface area contributed by atoms with Gasteiger partial charge in [0.25, 0.3) is 5.91 Å². The number of benzene rings is 1. The van der Waals surface area contributed by atoms with E-state index in [2.05, 4.69) is 22.4 Å². The molecule has 1 N–H and O–H groups in total. The molecule has 1 amide bonds. The van der Waals surface area contributed by atoms with Crippen molar-refractivity contribution in [2.75, 3.05) is 13.1 Å². The molecule has 4 nitrogen and oxygen atoms in total. The van der Waals surface area contributed by atoms with Crippen LogP contribution in [-0.4, -0.2) is 29.9 Å². The van der Waals surface area contributed by atoms with Gasteiger partial charge in [0, 0.05) is 12.1 Å². The summed E-state index contributed by atoms with van der Waals surface area (Å²) in [6, 6.07) is 9.36. The fraction of sp³-hybridized carbons (Fsp3) is 0.500. The highest BCUT2D eigenvalue weighted by atomic mass is 16.1. The zero-order chi connectivity index (χ0) is 14.4. The molecule has 1 aliphatic heterocycles. The van der Waals surface area contributed by atoms with E-state index < -0.39 is 6.04 Å². The number of amides is 1. The number of hydrogen-bond acceptors (Lipinski definition) is 3. The highest BCUT2D eigenvalue weighted by Gasteiger charge is 2.14. The average Bonchev–Trinajstić information content (AvgIpc) is 2.97. The third-order valence-corrected chi connectivity index (χ3v) is 3.66. The molecule has 0 saturated carbocycles. The van der Waals surface area contributed by atoms with Crippen molar-refractivity contribution in [1.29, 1.82) is 5.26 Å². The Balaban J connectivity index is 2.01. The predicted octanol–water partition coefficient (Wildman–Crippen LogP) is 2.31. The summed E-state index contributed by atoms with van der Waals surface area (Å²) in [6.45, 7) is 5.07. The van der Waals surface area contributed by atoms with Crippen LogP contribution in [0, 0.1) is 11.3 Å². The summed E-state index contributed by atoms with van der Waals surface area (Å²) >= 11 is 0. The largest absolute Gasteiger partial charge is 0.336 e. The minimum Gasteiger partial charge on any atom is -0.336 e. The summed E-state index contributed by atoms with van der Waals surface area (Å²) in [4.78, 5) is 14.5. The molecule has 1 aromatic rings. The van der Waals surface area contributed by atoms with Crippen molar-refractivity contribution < 1.29 is 4.79 Å². The lowest BCUT2D eigenvalue weighted by Crippen LogP contribution is -2.33. The molecule has 2 rings (SSSR count). The van der Waals surface area contributed by atoms with Gasteiger partial charge in [0.1, 0.15) is 6.04 Å². The monoisotopic (exact) mass is 271 g/mol. The first kappa shape index (κ1) is 14.5. The fourth-order valence-electron chi connectivity index (χ4n) is 2.48. The molecule has 1 aliphatic rings. The quantitative estimate of drug-likeness (QED) is 0.894. The number of nitriles is 1. The van der Waals surface area contributed by atoms with E-state index >= 15 is 0 Å². The first-order chi connectivity index (χ1) is 9.72. The van der Waals surface area contributed by atoms with Crippen molar-refractivity contribution in [3.05, 3.63) is 35.4 Å². The molecular weight excluding hydrogens is 250 g/mol. The lowest BCUT2D eigenvalue weighted by molar-refractivity contribution is 0.0944. The van der Waals surface area contributed by atoms with Crippen molar-refractivity contribution in [2.45, 2.75) is 38.8 Å². The van der Waals surface area contributed by atoms with Gasteiger partial charge in [-0.25, -0.2) is 0 Å². The molecule has 0 spiro atoms. The molecule has 0 bridgehead atoms. The van der Waals surface area contributed by atoms with E-state index in [0.29, 0.717) is 12.0 Å². The van der Waals surface area contributed by atoms with Gasteiger partial charge in [-0.05, 0) is 50.0 Å². The number of hydrogen-bond donors (Lipinski definition) is 1. The molecule has 106 valence electrons. The van der Waals surface area contributed by atoms with Crippen LogP contribution in [0.15, 0.2) is 24.3 Å². The molecule has 1 heterocycles. The van der Waals surface area contributed by atoms with Crippen molar-refractivity contribution in [3.63, 3.8) is 0 Å². The van der Waals surface area contributed by atoms with E-state index in [1.165, 1.54) is 12.8 Å². The van der Waals surface area contributed by atoms with E-state index in [1.54, 1.807) is 6.07 Å². The molecule has 1 fully saturated rings. The van der Waals surface area contributed by atoms with Crippen LogP contribution in [0.4, 0.5) is 0 Å². The third-order valence-electron chi connectivity index (χ3n) is 3.66. The van der Waals surface area contributed by atoms with Crippen molar-refractivity contribution >= 4 is 5.91 Å². The highest BCUT2D eigenvalue weighted by molar-refractivity contribution is 5.94. The van der Waals surface area contributed by atoms with Crippen molar-refractivity contribution in [1.82, 2.24) is 10.2 Å².